The molecule has 1 aromatic carbocycles. The molecule has 1 N–H and O–H groups in total. The molecule has 1 rings (SSSR count). The maximum absolute atomic E-state index is 9.55. The highest BCUT2D eigenvalue weighted by molar-refractivity contribution is 5.37. The van der Waals surface area contributed by atoms with Crippen molar-refractivity contribution in [1.82, 2.24) is 0 Å². The number of hydrogen-bond acceptors (Lipinski definition) is 4. The van der Waals surface area contributed by atoms with Gasteiger partial charge < -0.3 is 19.3 Å². The number of rotatable bonds is 7. The van der Waals surface area contributed by atoms with Gasteiger partial charge >= 0.3 is 0 Å². The Bertz CT molecular complexity index is 348. The first-order chi connectivity index (χ1) is 9.53. The molecule has 0 aliphatic carbocycles. The van der Waals surface area contributed by atoms with Crippen LogP contribution in [0.5, 0.6) is 11.5 Å². The van der Waals surface area contributed by atoms with Gasteiger partial charge in [-0.15, -0.1) is 0 Å². The Balaban J connectivity index is 0.000000796. The fraction of sp³-hybridized carbons (Fsp3) is 0.625. The summed E-state index contributed by atoms with van der Waals surface area (Å²) in [5.74, 6) is 1.52. The number of benzene rings is 1. The minimum absolute atomic E-state index is 0.255. The SMILES string of the molecule is CCOC.COCCOc1cc(O)cc(CC(C)C)c1. The number of methoxy groups -OCH3 is 2. The topological polar surface area (TPSA) is 47.9 Å². The maximum Gasteiger partial charge on any atom is 0.123 e. The lowest BCUT2D eigenvalue weighted by Crippen LogP contribution is -2.04. The average Bonchev–Trinajstić information content (AvgIpc) is 2.38. The second kappa shape index (κ2) is 11.6. The zero-order chi connectivity index (χ0) is 15.4. The first-order valence-electron chi connectivity index (χ1n) is 6.97. The zero-order valence-corrected chi connectivity index (χ0v) is 13.3. The second-order valence-corrected chi connectivity index (χ2v) is 4.85. The van der Waals surface area contributed by atoms with Gasteiger partial charge in [-0.2, -0.15) is 0 Å². The fourth-order valence-electron chi connectivity index (χ4n) is 1.56. The third-order valence-electron chi connectivity index (χ3n) is 2.44. The van der Waals surface area contributed by atoms with E-state index in [4.69, 9.17) is 9.47 Å². The van der Waals surface area contributed by atoms with Crippen LogP contribution in [0, 0.1) is 5.92 Å². The summed E-state index contributed by atoms with van der Waals surface area (Å²) >= 11 is 0. The Kier molecular flexibility index (Phi) is 10.8. The van der Waals surface area contributed by atoms with E-state index in [0.29, 0.717) is 24.9 Å². The minimum atomic E-state index is 0.255. The molecule has 0 aliphatic heterocycles. The lowest BCUT2D eigenvalue weighted by Gasteiger charge is -2.10. The molecule has 0 unspecified atom stereocenters. The lowest BCUT2D eigenvalue weighted by atomic mass is 10.0. The van der Waals surface area contributed by atoms with Gasteiger partial charge in [0.1, 0.15) is 18.1 Å². The van der Waals surface area contributed by atoms with Gasteiger partial charge in [0.15, 0.2) is 0 Å². The molecule has 116 valence electrons. The summed E-state index contributed by atoms with van der Waals surface area (Å²) in [5.41, 5.74) is 1.10. The van der Waals surface area contributed by atoms with Crippen molar-refractivity contribution in [2.24, 2.45) is 5.92 Å². The van der Waals surface area contributed by atoms with Gasteiger partial charge in [-0.25, -0.2) is 0 Å². The number of aromatic hydroxyl groups is 1. The van der Waals surface area contributed by atoms with Crippen LogP contribution < -0.4 is 4.74 Å². The van der Waals surface area contributed by atoms with Crippen LogP contribution in [0.4, 0.5) is 0 Å². The Morgan fingerprint density at radius 3 is 2.20 bits per heavy atom. The molecule has 0 atom stereocenters. The molecule has 4 nitrogen and oxygen atoms in total. The van der Waals surface area contributed by atoms with Gasteiger partial charge in [-0.05, 0) is 37.0 Å². The van der Waals surface area contributed by atoms with Gasteiger partial charge in [0.2, 0.25) is 0 Å². The summed E-state index contributed by atoms with van der Waals surface area (Å²) in [4.78, 5) is 0. The average molecular weight is 284 g/mol. The highest BCUT2D eigenvalue weighted by atomic mass is 16.5. The number of ether oxygens (including phenoxy) is 3. The first kappa shape index (κ1) is 18.7. The monoisotopic (exact) mass is 284 g/mol. The van der Waals surface area contributed by atoms with Crippen molar-refractivity contribution in [1.29, 1.82) is 0 Å². The summed E-state index contributed by atoms with van der Waals surface area (Å²) in [5, 5.41) is 9.55. The third kappa shape index (κ3) is 9.64. The molecule has 0 saturated heterocycles. The van der Waals surface area contributed by atoms with Crippen molar-refractivity contribution in [3.05, 3.63) is 23.8 Å². The van der Waals surface area contributed by atoms with E-state index in [-0.39, 0.29) is 5.75 Å². The normalized spacial score (nSPS) is 10.1. The van der Waals surface area contributed by atoms with E-state index < -0.39 is 0 Å². The molecule has 20 heavy (non-hydrogen) atoms. The van der Waals surface area contributed by atoms with E-state index in [1.54, 1.807) is 26.4 Å². The predicted molar refractivity (Wildman–Crippen MR) is 81.6 cm³/mol. The summed E-state index contributed by atoms with van der Waals surface area (Å²) in [6, 6.07) is 5.37. The van der Waals surface area contributed by atoms with Gasteiger partial charge in [0.25, 0.3) is 0 Å². The van der Waals surface area contributed by atoms with Crippen LogP contribution in [0.3, 0.4) is 0 Å². The summed E-state index contributed by atoms with van der Waals surface area (Å²) in [6.45, 7) is 8.13. The first-order valence-corrected chi connectivity index (χ1v) is 6.97. The van der Waals surface area contributed by atoms with Gasteiger partial charge in [0, 0.05) is 26.9 Å². The van der Waals surface area contributed by atoms with Crippen LogP contribution in [-0.4, -0.2) is 39.1 Å². The van der Waals surface area contributed by atoms with Crippen LogP contribution in [-0.2, 0) is 15.9 Å². The van der Waals surface area contributed by atoms with E-state index in [0.717, 1.165) is 18.6 Å². The van der Waals surface area contributed by atoms with Gasteiger partial charge in [-0.3, -0.25) is 0 Å². The Morgan fingerprint density at radius 1 is 1.05 bits per heavy atom. The van der Waals surface area contributed by atoms with E-state index in [1.807, 2.05) is 13.0 Å². The molecule has 0 aromatic heterocycles. The summed E-state index contributed by atoms with van der Waals surface area (Å²) in [7, 11) is 3.32. The van der Waals surface area contributed by atoms with E-state index >= 15 is 0 Å². The number of phenols is 1. The molecule has 0 saturated carbocycles. The lowest BCUT2D eigenvalue weighted by molar-refractivity contribution is 0.146. The minimum Gasteiger partial charge on any atom is -0.508 e. The summed E-state index contributed by atoms with van der Waals surface area (Å²) < 4.78 is 14.9. The Labute approximate surface area is 122 Å². The van der Waals surface area contributed by atoms with Crippen molar-refractivity contribution in [2.75, 3.05) is 34.0 Å². The third-order valence-corrected chi connectivity index (χ3v) is 2.44. The van der Waals surface area contributed by atoms with Crippen LogP contribution >= 0.6 is 0 Å². The molecule has 1 aromatic rings. The maximum atomic E-state index is 9.55. The Hall–Kier alpha value is -1.26. The van der Waals surface area contributed by atoms with Crippen LogP contribution in [0.2, 0.25) is 0 Å². The van der Waals surface area contributed by atoms with Crippen molar-refractivity contribution in [3.8, 4) is 11.5 Å². The van der Waals surface area contributed by atoms with Gasteiger partial charge in [0.05, 0.1) is 6.61 Å². The number of hydrogen-bond donors (Lipinski definition) is 1. The summed E-state index contributed by atoms with van der Waals surface area (Å²) in [6.07, 6.45) is 0.940. The standard InChI is InChI=1S/C13H20O3.C3H8O/c1-10(2)6-11-7-12(14)9-13(8-11)16-5-4-15-3;1-3-4-2/h7-10,14H,4-6H2,1-3H3;3H2,1-2H3. The van der Waals surface area contributed by atoms with E-state index in [9.17, 15) is 5.11 Å². The van der Waals surface area contributed by atoms with Crippen LogP contribution in [0.15, 0.2) is 18.2 Å². The molecule has 0 bridgehead atoms. The molecule has 0 spiro atoms. The van der Waals surface area contributed by atoms with E-state index in [2.05, 4.69) is 18.6 Å². The van der Waals surface area contributed by atoms with Gasteiger partial charge in [-0.1, -0.05) is 13.8 Å². The smallest absolute Gasteiger partial charge is 0.123 e. The van der Waals surface area contributed by atoms with Crippen molar-refractivity contribution >= 4 is 0 Å². The molecular weight excluding hydrogens is 256 g/mol. The van der Waals surface area contributed by atoms with Crippen molar-refractivity contribution < 1.29 is 19.3 Å². The quantitative estimate of drug-likeness (QED) is 0.781. The second-order valence-electron chi connectivity index (χ2n) is 4.85. The zero-order valence-electron chi connectivity index (χ0n) is 13.3. The molecular formula is C16H28O4. The molecule has 0 amide bonds. The predicted octanol–water partition coefficient (Wildman–Crippen LogP) is 3.27. The molecule has 4 heteroatoms. The number of phenolic OH excluding ortho intramolecular Hbond substituents is 1. The molecule has 0 heterocycles. The van der Waals surface area contributed by atoms with E-state index in [1.165, 1.54) is 0 Å². The highest BCUT2D eigenvalue weighted by Crippen LogP contribution is 2.23. The van der Waals surface area contributed by atoms with Crippen molar-refractivity contribution in [2.45, 2.75) is 27.2 Å². The Morgan fingerprint density at radius 2 is 1.70 bits per heavy atom. The molecule has 0 aliphatic rings. The van der Waals surface area contributed by atoms with Crippen LogP contribution in [0.1, 0.15) is 26.3 Å². The molecule has 0 fully saturated rings. The highest BCUT2D eigenvalue weighted by Gasteiger charge is 2.03. The largest absolute Gasteiger partial charge is 0.508 e. The van der Waals surface area contributed by atoms with Crippen molar-refractivity contribution in [3.63, 3.8) is 0 Å². The fourth-order valence-corrected chi connectivity index (χ4v) is 1.56. The molecule has 0 radical (unpaired) electrons. The van der Waals surface area contributed by atoms with Crippen LogP contribution in [0.25, 0.3) is 0 Å².